The average molecular weight is 538 g/mol. The molecule has 1 saturated heterocycles. The van der Waals surface area contributed by atoms with E-state index in [9.17, 15) is 28.9 Å². The smallest absolute Gasteiger partial charge is 0.294 e. The lowest BCUT2D eigenvalue weighted by molar-refractivity contribution is -0.384. The van der Waals surface area contributed by atoms with E-state index >= 15 is 0 Å². The number of anilines is 1. The molecule has 194 valence electrons. The Kier molecular flexibility index (Phi) is 8.02. The predicted molar refractivity (Wildman–Crippen MR) is 138 cm³/mol. The summed E-state index contributed by atoms with van der Waals surface area (Å²) in [5.41, 5.74) is 1.46. The molecule has 1 N–H and O–H groups in total. The molecule has 1 aliphatic rings. The predicted octanol–water partition coefficient (Wildman–Crippen LogP) is 5.00. The summed E-state index contributed by atoms with van der Waals surface area (Å²) in [6.07, 6.45) is 1.50. The van der Waals surface area contributed by atoms with Gasteiger partial charge in [0.15, 0.2) is 11.5 Å². The van der Waals surface area contributed by atoms with Crippen molar-refractivity contribution in [1.29, 1.82) is 0 Å². The highest BCUT2D eigenvalue weighted by Gasteiger charge is 2.36. The van der Waals surface area contributed by atoms with Gasteiger partial charge in [-0.3, -0.25) is 29.4 Å². The van der Waals surface area contributed by atoms with Crippen LogP contribution >= 0.6 is 11.8 Å². The van der Waals surface area contributed by atoms with E-state index in [0.29, 0.717) is 28.8 Å². The Hall–Kier alpha value is -4.71. The SMILES string of the molecule is COc1cc(/C=C2/SC(=O)N(CC(=O)Nc3cccc(F)c3)C2=O)ccc1OCc1ccc([N+](=O)[O-])cc1. The van der Waals surface area contributed by atoms with Crippen LogP contribution in [0.25, 0.3) is 6.08 Å². The number of imide groups is 1. The molecule has 12 heteroatoms. The Balaban J connectivity index is 1.41. The number of nitro groups is 1. The molecule has 10 nitrogen and oxygen atoms in total. The van der Waals surface area contributed by atoms with Crippen LogP contribution in [-0.4, -0.2) is 40.5 Å². The highest BCUT2D eigenvalue weighted by molar-refractivity contribution is 8.18. The number of non-ortho nitro benzene ring substituents is 1. The van der Waals surface area contributed by atoms with Gasteiger partial charge in [0.05, 0.1) is 16.9 Å². The molecular weight excluding hydrogens is 517 g/mol. The van der Waals surface area contributed by atoms with Crippen molar-refractivity contribution in [1.82, 2.24) is 4.90 Å². The molecule has 0 atom stereocenters. The van der Waals surface area contributed by atoms with Gasteiger partial charge >= 0.3 is 0 Å². The second-order valence-corrected chi connectivity index (χ2v) is 8.94. The molecule has 3 amide bonds. The first-order valence-electron chi connectivity index (χ1n) is 11.1. The number of carbonyl (C=O) groups is 3. The molecule has 0 unspecified atom stereocenters. The van der Waals surface area contributed by atoms with E-state index in [-0.39, 0.29) is 22.9 Å². The number of hydrogen-bond donors (Lipinski definition) is 1. The van der Waals surface area contributed by atoms with Crippen molar-refractivity contribution < 1.29 is 33.2 Å². The number of halogens is 1. The number of thioether (sulfide) groups is 1. The number of amides is 3. The lowest BCUT2D eigenvalue weighted by atomic mass is 10.1. The van der Waals surface area contributed by atoms with Crippen LogP contribution in [0.4, 0.5) is 20.6 Å². The second kappa shape index (κ2) is 11.6. The van der Waals surface area contributed by atoms with Gasteiger partial charge in [0.2, 0.25) is 5.91 Å². The van der Waals surface area contributed by atoms with Gasteiger partial charge in [-0.25, -0.2) is 4.39 Å². The number of carbonyl (C=O) groups excluding carboxylic acids is 3. The lowest BCUT2D eigenvalue weighted by Gasteiger charge is -2.12. The highest BCUT2D eigenvalue weighted by atomic mass is 32.2. The summed E-state index contributed by atoms with van der Waals surface area (Å²) < 4.78 is 24.5. The Morgan fingerprint density at radius 1 is 1.11 bits per heavy atom. The van der Waals surface area contributed by atoms with Crippen LogP contribution in [-0.2, 0) is 16.2 Å². The lowest BCUT2D eigenvalue weighted by Crippen LogP contribution is -2.36. The molecule has 0 bridgehead atoms. The third-order valence-electron chi connectivity index (χ3n) is 5.31. The maximum Gasteiger partial charge on any atom is 0.294 e. The number of rotatable bonds is 9. The third kappa shape index (κ3) is 6.34. The first kappa shape index (κ1) is 26.4. The Labute approximate surface area is 220 Å². The third-order valence-corrected chi connectivity index (χ3v) is 6.22. The van der Waals surface area contributed by atoms with Crippen LogP contribution < -0.4 is 14.8 Å². The van der Waals surface area contributed by atoms with E-state index in [0.717, 1.165) is 16.5 Å². The number of nitro benzene ring substituents is 1. The standard InChI is InChI=1S/C26H20FN3O7S/c1-36-22-11-17(7-10-21(22)37-15-16-5-8-20(9-6-16)30(34)35)12-23-25(32)29(26(33)38-23)14-24(31)28-19-4-2-3-18(27)13-19/h2-13H,14-15H2,1H3,(H,28,31)/b23-12+. The first-order valence-corrected chi connectivity index (χ1v) is 11.9. The summed E-state index contributed by atoms with van der Waals surface area (Å²) >= 11 is 0.694. The van der Waals surface area contributed by atoms with E-state index in [1.165, 1.54) is 43.5 Å². The molecular formula is C26H20FN3O7S. The molecule has 0 aliphatic carbocycles. The van der Waals surface area contributed by atoms with Gasteiger partial charge in [0.1, 0.15) is 19.0 Å². The summed E-state index contributed by atoms with van der Waals surface area (Å²) in [6.45, 7) is -0.373. The number of nitrogens with zero attached hydrogens (tertiary/aromatic N) is 2. The largest absolute Gasteiger partial charge is 0.493 e. The molecule has 3 aromatic rings. The van der Waals surface area contributed by atoms with Crippen molar-refractivity contribution in [2.45, 2.75) is 6.61 Å². The minimum absolute atomic E-state index is 0.0210. The summed E-state index contributed by atoms with van der Waals surface area (Å²) in [5, 5.41) is 12.6. The van der Waals surface area contributed by atoms with E-state index in [1.807, 2.05) is 0 Å². The van der Waals surface area contributed by atoms with E-state index < -0.39 is 34.3 Å². The molecule has 0 radical (unpaired) electrons. The number of methoxy groups -OCH3 is 1. The monoisotopic (exact) mass is 537 g/mol. The maximum atomic E-state index is 13.3. The van der Waals surface area contributed by atoms with Gasteiger partial charge in [0, 0.05) is 17.8 Å². The van der Waals surface area contributed by atoms with Crippen LogP contribution in [0.2, 0.25) is 0 Å². The molecule has 1 aliphatic heterocycles. The second-order valence-electron chi connectivity index (χ2n) is 7.95. The van der Waals surface area contributed by atoms with Crippen LogP contribution in [0.3, 0.4) is 0 Å². The number of ether oxygens (including phenoxy) is 2. The molecule has 1 heterocycles. The molecule has 0 saturated carbocycles. The van der Waals surface area contributed by atoms with Gasteiger partial charge in [-0.15, -0.1) is 0 Å². The van der Waals surface area contributed by atoms with Gasteiger partial charge in [0.25, 0.3) is 16.8 Å². The fourth-order valence-electron chi connectivity index (χ4n) is 3.47. The fraction of sp³-hybridized carbons (Fsp3) is 0.115. The van der Waals surface area contributed by atoms with Crippen molar-refractivity contribution in [3.05, 3.63) is 98.7 Å². The summed E-state index contributed by atoms with van der Waals surface area (Å²) in [5.74, 6) is -1.03. The van der Waals surface area contributed by atoms with Crippen molar-refractivity contribution >= 4 is 46.3 Å². The minimum atomic E-state index is -0.643. The number of benzene rings is 3. The summed E-state index contributed by atoms with van der Waals surface area (Å²) in [7, 11) is 1.45. The topological polar surface area (TPSA) is 128 Å². The normalized spacial score (nSPS) is 14.1. The Morgan fingerprint density at radius 2 is 1.87 bits per heavy atom. The molecule has 0 spiro atoms. The zero-order valence-corrected chi connectivity index (χ0v) is 20.7. The van der Waals surface area contributed by atoms with Gasteiger partial charge in [-0.1, -0.05) is 12.1 Å². The van der Waals surface area contributed by atoms with Crippen LogP contribution in [0, 0.1) is 15.9 Å². The van der Waals surface area contributed by atoms with Gasteiger partial charge < -0.3 is 14.8 Å². The van der Waals surface area contributed by atoms with E-state index in [1.54, 1.807) is 30.3 Å². The first-order chi connectivity index (χ1) is 18.2. The molecule has 38 heavy (non-hydrogen) atoms. The highest BCUT2D eigenvalue weighted by Crippen LogP contribution is 2.35. The Morgan fingerprint density at radius 3 is 2.55 bits per heavy atom. The Bertz CT molecular complexity index is 1440. The van der Waals surface area contributed by atoms with Gasteiger partial charge in [-0.2, -0.15) is 0 Å². The minimum Gasteiger partial charge on any atom is -0.493 e. The van der Waals surface area contributed by atoms with Crippen LogP contribution in [0.15, 0.2) is 71.6 Å². The van der Waals surface area contributed by atoms with Crippen molar-refractivity contribution in [3.8, 4) is 11.5 Å². The van der Waals surface area contributed by atoms with Gasteiger partial charge in [-0.05, 0) is 71.4 Å². The summed E-state index contributed by atoms with van der Waals surface area (Å²) in [6, 6.07) is 16.1. The number of nitrogens with one attached hydrogen (secondary N) is 1. The van der Waals surface area contributed by atoms with E-state index in [2.05, 4.69) is 5.32 Å². The van der Waals surface area contributed by atoms with Crippen molar-refractivity contribution in [2.24, 2.45) is 0 Å². The molecule has 3 aromatic carbocycles. The summed E-state index contributed by atoms with van der Waals surface area (Å²) in [4.78, 5) is 48.7. The fourth-order valence-corrected chi connectivity index (χ4v) is 4.30. The van der Waals surface area contributed by atoms with E-state index in [4.69, 9.17) is 9.47 Å². The average Bonchev–Trinajstić information content (AvgIpc) is 3.15. The molecule has 1 fully saturated rings. The van der Waals surface area contributed by atoms with Crippen molar-refractivity contribution in [2.75, 3.05) is 19.0 Å². The van der Waals surface area contributed by atoms with Crippen molar-refractivity contribution in [3.63, 3.8) is 0 Å². The molecule has 0 aromatic heterocycles. The zero-order chi connectivity index (χ0) is 27.2. The zero-order valence-electron chi connectivity index (χ0n) is 19.9. The maximum absolute atomic E-state index is 13.3. The quantitative estimate of drug-likeness (QED) is 0.230. The molecule has 4 rings (SSSR count). The number of hydrogen-bond acceptors (Lipinski definition) is 8. The van der Waals surface area contributed by atoms with Crippen LogP contribution in [0.5, 0.6) is 11.5 Å². The van der Waals surface area contributed by atoms with Crippen LogP contribution in [0.1, 0.15) is 11.1 Å².